The molecule has 5 rings (SSSR count). The van der Waals surface area contributed by atoms with Crippen LogP contribution in [0.15, 0.2) is 36.4 Å². The Kier molecular flexibility index (Phi) is 5.52. The second-order valence-electron chi connectivity index (χ2n) is 8.62. The van der Waals surface area contributed by atoms with Crippen molar-refractivity contribution in [1.29, 1.82) is 0 Å². The number of imide groups is 1. The minimum atomic E-state index is -0.707. The van der Waals surface area contributed by atoms with E-state index in [4.69, 9.17) is 4.74 Å². The van der Waals surface area contributed by atoms with E-state index in [0.29, 0.717) is 34.5 Å². The molecule has 0 saturated carbocycles. The number of ether oxygens (including phenoxy) is 1. The fraction of sp³-hybridized carbons (Fsp3) is 0.333. The number of carbonyl (C=O) groups excluding carboxylic acids is 4. The summed E-state index contributed by atoms with van der Waals surface area (Å²) in [5, 5.41) is 5.12. The maximum absolute atomic E-state index is 14.3. The van der Waals surface area contributed by atoms with E-state index in [1.54, 1.807) is 30.3 Å². The molecule has 0 aromatic heterocycles. The van der Waals surface area contributed by atoms with Gasteiger partial charge in [-0.3, -0.25) is 24.6 Å². The summed E-state index contributed by atoms with van der Waals surface area (Å²) in [6.07, 6.45) is 0.807. The predicted octanol–water partition coefficient (Wildman–Crippen LogP) is 2.20. The van der Waals surface area contributed by atoms with Crippen LogP contribution in [0.4, 0.5) is 20.6 Å². The van der Waals surface area contributed by atoms with Crippen LogP contribution >= 0.6 is 0 Å². The zero-order valence-electron chi connectivity index (χ0n) is 18.5. The van der Waals surface area contributed by atoms with E-state index < -0.39 is 18.0 Å². The number of benzene rings is 2. The molecule has 3 aliphatic heterocycles. The number of amides is 5. The van der Waals surface area contributed by atoms with E-state index in [1.165, 1.54) is 23.0 Å². The number of hydrogen-bond acceptors (Lipinski definition) is 5. The summed E-state index contributed by atoms with van der Waals surface area (Å²) in [5.41, 5.74) is 2.57. The minimum Gasteiger partial charge on any atom is -0.383 e. The number of urea groups is 1. The highest BCUT2D eigenvalue weighted by Crippen LogP contribution is 2.35. The quantitative estimate of drug-likeness (QED) is 0.672. The van der Waals surface area contributed by atoms with Gasteiger partial charge < -0.3 is 15.0 Å². The fourth-order valence-electron chi connectivity index (χ4n) is 4.94. The summed E-state index contributed by atoms with van der Waals surface area (Å²) >= 11 is 0. The first-order valence-corrected chi connectivity index (χ1v) is 11.0. The van der Waals surface area contributed by atoms with Gasteiger partial charge in [-0.25, -0.2) is 9.18 Å². The third kappa shape index (κ3) is 3.69. The first-order chi connectivity index (χ1) is 16.4. The first kappa shape index (κ1) is 22.0. The maximum atomic E-state index is 14.3. The van der Waals surface area contributed by atoms with Crippen LogP contribution in [0.5, 0.6) is 0 Å². The lowest BCUT2D eigenvalue weighted by molar-refractivity contribution is -0.136. The highest BCUT2D eigenvalue weighted by molar-refractivity contribution is 6.07. The highest BCUT2D eigenvalue weighted by Gasteiger charge is 2.39. The topological polar surface area (TPSA) is 108 Å². The van der Waals surface area contributed by atoms with Crippen molar-refractivity contribution in [2.75, 3.05) is 23.9 Å². The van der Waals surface area contributed by atoms with Gasteiger partial charge in [0.05, 0.1) is 18.3 Å². The van der Waals surface area contributed by atoms with Crippen LogP contribution in [-0.2, 0) is 27.3 Å². The van der Waals surface area contributed by atoms with Crippen LogP contribution in [-0.4, -0.2) is 54.5 Å². The fourth-order valence-corrected chi connectivity index (χ4v) is 4.94. The van der Waals surface area contributed by atoms with Crippen LogP contribution in [0.25, 0.3) is 0 Å². The monoisotopic (exact) mass is 466 g/mol. The largest absolute Gasteiger partial charge is 0.383 e. The van der Waals surface area contributed by atoms with Crippen molar-refractivity contribution in [1.82, 2.24) is 10.2 Å². The molecular formula is C24H23FN4O5. The molecule has 0 aliphatic carbocycles. The summed E-state index contributed by atoms with van der Waals surface area (Å²) in [4.78, 5) is 52.7. The van der Waals surface area contributed by atoms with Gasteiger partial charge >= 0.3 is 6.03 Å². The number of nitrogens with zero attached hydrogens (tertiary/aromatic N) is 2. The van der Waals surface area contributed by atoms with Crippen LogP contribution in [0.2, 0.25) is 0 Å². The third-order valence-corrected chi connectivity index (χ3v) is 6.51. The van der Waals surface area contributed by atoms with Gasteiger partial charge in [0.2, 0.25) is 11.8 Å². The van der Waals surface area contributed by atoms with Gasteiger partial charge in [-0.15, -0.1) is 0 Å². The zero-order valence-corrected chi connectivity index (χ0v) is 18.5. The molecule has 0 bridgehead atoms. The molecule has 2 N–H and O–H groups in total. The lowest BCUT2D eigenvalue weighted by Crippen LogP contribution is -2.52. The summed E-state index contributed by atoms with van der Waals surface area (Å²) < 4.78 is 19.6. The minimum absolute atomic E-state index is 0.179. The third-order valence-electron chi connectivity index (χ3n) is 6.51. The zero-order chi connectivity index (χ0) is 24.0. The van der Waals surface area contributed by atoms with Crippen LogP contribution in [0, 0.1) is 5.82 Å². The molecule has 0 radical (unpaired) electrons. The van der Waals surface area contributed by atoms with Crippen LogP contribution in [0.1, 0.15) is 34.3 Å². The second kappa shape index (κ2) is 8.53. The van der Waals surface area contributed by atoms with E-state index in [9.17, 15) is 23.6 Å². The number of hydrogen-bond donors (Lipinski definition) is 2. The molecule has 0 spiro atoms. The Morgan fingerprint density at radius 3 is 2.82 bits per heavy atom. The number of fused-ring (bicyclic) bond motifs is 2. The lowest BCUT2D eigenvalue weighted by atomic mass is 10.0. The summed E-state index contributed by atoms with van der Waals surface area (Å²) in [7, 11) is 1.53. The van der Waals surface area contributed by atoms with Crippen molar-refractivity contribution < 1.29 is 28.3 Å². The summed E-state index contributed by atoms with van der Waals surface area (Å²) in [5.74, 6) is -1.47. The van der Waals surface area contributed by atoms with E-state index in [1.807, 2.05) is 0 Å². The first-order valence-electron chi connectivity index (χ1n) is 11.0. The normalized spacial score (nSPS) is 21.4. The highest BCUT2D eigenvalue weighted by atomic mass is 19.1. The Morgan fingerprint density at radius 1 is 1.24 bits per heavy atom. The Labute approximate surface area is 194 Å². The van der Waals surface area contributed by atoms with Gasteiger partial charge in [0, 0.05) is 43.3 Å². The van der Waals surface area contributed by atoms with Gasteiger partial charge in [0.1, 0.15) is 11.9 Å². The smallest absolute Gasteiger partial charge is 0.326 e. The average molecular weight is 466 g/mol. The second-order valence-corrected chi connectivity index (χ2v) is 8.62. The number of methoxy groups -OCH3 is 1. The molecule has 3 heterocycles. The Hall–Kier alpha value is -3.79. The van der Waals surface area contributed by atoms with Crippen molar-refractivity contribution in [2.24, 2.45) is 0 Å². The molecule has 1 fully saturated rings. The van der Waals surface area contributed by atoms with Crippen LogP contribution in [0.3, 0.4) is 0 Å². The van der Waals surface area contributed by atoms with Crippen molar-refractivity contribution in [3.05, 3.63) is 58.9 Å². The number of anilines is 2. The predicted molar refractivity (Wildman–Crippen MR) is 120 cm³/mol. The number of piperidine rings is 1. The summed E-state index contributed by atoms with van der Waals surface area (Å²) in [6, 6.07) is 8.08. The number of carbonyl (C=O) groups is 4. The summed E-state index contributed by atoms with van der Waals surface area (Å²) in [6.45, 7) is 0.454. The van der Waals surface area contributed by atoms with Crippen molar-refractivity contribution >= 4 is 35.1 Å². The molecule has 2 atom stereocenters. The maximum Gasteiger partial charge on any atom is 0.326 e. The molecule has 5 amide bonds. The molecule has 176 valence electrons. The number of nitrogens with one attached hydrogen (secondary N) is 2. The van der Waals surface area contributed by atoms with Gasteiger partial charge in [0.25, 0.3) is 5.91 Å². The average Bonchev–Trinajstić information content (AvgIpc) is 3.32. The van der Waals surface area contributed by atoms with E-state index in [-0.39, 0.29) is 49.7 Å². The van der Waals surface area contributed by atoms with Crippen molar-refractivity contribution in [3.8, 4) is 0 Å². The standard InChI is InChI=1S/C24H23FN4O5/c1-34-12-15-10-17-18(25)3-2-4-19(17)29(15)24(33)26-14-5-6-16-13(9-14)11-28(23(16)32)20-7-8-21(30)27-22(20)31/h2-6,9,15,20H,7-8,10-12H2,1H3,(H,26,33)(H,27,30,31). The Morgan fingerprint density at radius 2 is 2.06 bits per heavy atom. The molecule has 1 saturated heterocycles. The molecule has 9 nitrogen and oxygen atoms in total. The molecule has 2 aromatic rings. The van der Waals surface area contributed by atoms with Gasteiger partial charge in [-0.1, -0.05) is 6.07 Å². The molecule has 34 heavy (non-hydrogen) atoms. The molecule has 10 heteroatoms. The van der Waals surface area contributed by atoms with Gasteiger partial charge in [-0.2, -0.15) is 0 Å². The molecule has 2 unspecified atom stereocenters. The molecule has 2 aromatic carbocycles. The Balaban J connectivity index is 1.35. The van der Waals surface area contributed by atoms with E-state index in [2.05, 4.69) is 10.6 Å². The van der Waals surface area contributed by atoms with Gasteiger partial charge in [-0.05, 0) is 42.3 Å². The molecule has 3 aliphatic rings. The van der Waals surface area contributed by atoms with Crippen molar-refractivity contribution in [2.45, 2.75) is 37.9 Å². The van der Waals surface area contributed by atoms with Gasteiger partial charge in [0.15, 0.2) is 0 Å². The number of halogens is 1. The SMILES string of the molecule is COCC1Cc2c(F)cccc2N1C(=O)Nc1ccc2c(c1)CN(C1CCC(=O)NC1=O)C2=O. The van der Waals surface area contributed by atoms with Crippen LogP contribution < -0.4 is 15.5 Å². The van der Waals surface area contributed by atoms with Crippen molar-refractivity contribution in [3.63, 3.8) is 0 Å². The number of rotatable bonds is 4. The van der Waals surface area contributed by atoms with E-state index in [0.717, 1.165) is 0 Å². The Bertz CT molecular complexity index is 1220. The lowest BCUT2D eigenvalue weighted by Gasteiger charge is -2.29. The molecular weight excluding hydrogens is 443 g/mol. The van der Waals surface area contributed by atoms with E-state index >= 15 is 0 Å².